The molecule has 2 saturated heterocycles. The minimum atomic E-state index is -0.175. The average Bonchev–Trinajstić information content (AvgIpc) is 3.18. The fraction of sp³-hybridized carbons (Fsp3) is 0.667. The van der Waals surface area contributed by atoms with Crippen molar-refractivity contribution in [2.75, 3.05) is 39.3 Å². The van der Waals surface area contributed by atoms with E-state index in [0.29, 0.717) is 24.4 Å². The largest absolute Gasteiger partial charge is 0.354 e. The summed E-state index contributed by atoms with van der Waals surface area (Å²) in [6.45, 7) is 7.93. The summed E-state index contributed by atoms with van der Waals surface area (Å²) in [5.41, 5.74) is 0.700. The molecule has 144 valence electrons. The van der Waals surface area contributed by atoms with E-state index in [4.69, 9.17) is 0 Å². The van der Waals surface area contributed by atoms with Gasteiger partial charge in [-0.15, -0.1) is 0 Å². The van der Waals surface area contributed by atoms with E-state index >= 15 is 0 Å². The maximum Gasteiger partial charge on any atom is 0.220 e. The fourth-order valence-electron chi connectivity index (χ4n) is 4.29. The lowest BCUT2D eigenvalue weighted by atomic mass is 9.93. The molecule has 2 heterocycles. The number of nitrogens with one attached hydrogen (secondary N) is 1. The zero-order chi connectivity index (χ0) is 18.4. The second-order valence-corrected chi connectivity index (χ2v) is 7.67. The van der Waals surface area contributed by atoms with E-state index in [1.807, 2.05) is 12.1 Å². The molecule has 0 radical (unpaired) electrons. The van der Waals surface area contributed by atoms with Crippen LogP contribution in [0.15, 0.2) is 24.3 Å². The highest BCUT2D eigenvalue weighted by Gasteiger charge is 2.27. The third-order valence-corrected chi connectivity index (χ3v) is 5.97. The Morgan fingerprint density at radius 2 is 1.88 bits per heavy atom. The zero-order valence-corrected chi connectivity index (χ0v) is 15.9. The number of likely N-dealkylation sites (tertiary alicyclic amines) is 2. The standard InChI is InChI=1S/C21H32FN3O/c1-2-24-13-9-17(10-14-24)15-21(26)23-16-20(25-11-5-6-12-25)18-7-3-4-8-19(18)22/h3-4,7-8,17,20H,2,5-6,9-16H2,1H3,(H,23,26). The summed E-state index contributed by atoms with van der Waals surface area (Å²) < 4.78 is 14.3. The Bertz CT molecular complexity index is 580. The number of hydrogen-bond donors (Lipinski definition) is 1. The molecule has 0 saturated carbocycles. The van der Waals surface area contributed by atoms with Crippen LogP contribution in [0.25, 0.3) is 0 Å². The summed E-state index contributed by atoms with van der Waals surface area (Å²) in [5, 5.41) is 3.10. The highest BCUT2D eigenvalue weighted by molar-refractivity contribution is 5.76. The van der Waals surface area contributed by atoms with E-state index in [9.17, 15) is 9.18 Å². The van der Waals surface area contributed by atoms with Crippen molar-refractivity contribution >= 4 is 5.91 Å². The van der Waals surface area contributed by atoms with Crippen molar-refractivity contribution in [3.63, 3.8) is 0 Å². The SMILES string of the molecule is CCN1CCC(CC(=O)NCC(c2ccccc2F)N2CCCC2)CC1. The van der Waals surface area contributed by atoms with Gasteiger partial charge in [0.05, 0.1) is 6.04 Å². The van der Waals surface area contributed by atoms with Crippen molar-refractivity contribution in [3.05, 3.63) is 35.6 Å². The van der Waals surface area contributed by atoms with Gasteiger partial charge in [-0.2, -0.15) is 0 Å². The van der Waals surface area contributed by atoms with Crippen molar-refractivity contribution in [2.45, 2.75) is 45.1 Å². The molecule has 0 spiro atoms. The van der Waals surface area contributed by atoms with E-state index in [2.05, 4.69) is 22.0 Å². The fourth-order valence-corrected chi connectivity index (χ4v) is 4.29. The Labute approximate surface area is 156 Å². The lowest BCUT2D eigenvalue weighted by Gasteiger charge is -2.31. The first-order chi connectivity index (χ1) is 12.7. The normalized spacial score (nSPS) is 21.0. The molecule has 3 rings (SSSR count). The van der Waals surface area contributed by atoms with Crippen LogP contribution in [0.3, 0.4) is 0 Å². The molecule has 0 aliphatic carbocycles. The Morgan fingerprint density at radius 3 is 2.54 bits per heavy atom. The molecule has 2 aliphatic heterocycles. The Kier molecular flexibility index (Phi) is 7.03. The quantitative estimate of drug-likeness (QED) is 0.810. The summed E-state index contributed by atoms with van der Waals surface area (Å²) in [7, 11) is 0. The predicted molar refractivity (Wildman–Crippen MR) is 102 cm³/mol. The van der Waals surface area contributed by atoms with Crippen molar-refractivity contribution < 1.29 is 9.18 Å². The van der Waals surface area contributed by atoms with E-state index in [0.717, 1.165) is 58.4 Å². The molecule has 1 unspecified atom stereocenters. The lowest BCUT2D eigenvalue weighted by molar-refractivity contribution is -0.122. The molecule has 1 N–H and O–H groups in total. The molecular weight excluding hydrogens is 329 g/mol. The minimum Gasteiger partial charge on any atom is -0.354 e. The van der Waals surface area contributed by atoms with Crippen LogP contribution in [0.5, 0.6) is 0 Å². The van der Waals surface area contributed by atoms with Crippen molar-refractivity contribution in [1.29, 1.82) is 0 Å². The molecule has 26 heavy (non-hydrogen) atoms. The number of piperidine rings is 1. The van der Waals surface area contributed by atoms with Crippen LogP contribution in [0, 0.1) is 11.7 Å². The third kappa shape index (κ3) is 5.04. The number of carbonyl (C=O) groups excluding carboxylic acids is 1. The molecule has 0 bridgehead atoms. The molecule has 1 aromatic rings. The first-order valence-electron chi connectivity index (χ1n) is 10.1. The Morgan fingerprint density at radius 1 is 1.19 bits per heavy atom. The van der Waals surface area contributed by atoms with Gasteiger partial charge in [-0.25, -0.2) is 4.39 Å². The van der Waals surface area contributed by atoms with Gasteiger partial charge in [0.2, 0.25) is 5.91 Å². The molecule has 1 amide bonds. The number of halogens is 1. The molecule has 4 nitrogen and oxygen atoms in total. The third-order valence-electron chi connectivity index (χ3n) is 5.97. The van der Waals surface area contributed by atoms with Crippen LogP contribution in [-0.4, -0.2) is 55.0 Å². The topological polar surface area (TPSA) is 35.6 Å². The van der Waals surface area contributed by atoms with Gasteiger partial charge in [0.25, 0.3) is 0 Å². The molecule has 0 aromatic heterocycles. The maximum atomic E-state index is 14.3. The number of hydrogen-bond acceptors (Lipinski definition) is 3. The number of nitrogens with zero attached hydrogens (tertiary/aromatic N) is 2. The minimum absolute atomic E-state index is 0.0652. The highest BCUT2D eigenvalue weighted by Crippen LogP contribution is 2.27. The van der Waals surface area contributed by atoms with Gasteiger partial charge < -0.3 is 10.2 Å². The number of carbonyl (C=O) groups is 1. The number of benzene rings is 1. The second kappa shape index (κ2) is 9.47. The summed E-state index contributed by atoms with van der Waals surface area (Å²) in [4.78, 5) is 17.2. The molecule has 1 aromatic carbocycles. The van der Waals surface area contributed by atoms with Crippen LogP contribution in [-0.2, 0) is 4.79 Å². The van der Waals surface area contributed by atoms with E-state index in [-0.39, 0.29) is 17.8 Å². The van der Waals surface area contributed by atoms with Crippen LogP contribution >= 0.6 is 0 Å². The van der Waals surface area contributed by atoms with Crippen LogP contribution in [0.1, 0.15) is 50.6 Å². The monoisotopic (exact) mass is 361 g/mol. The van der Waals surface area contributed by atoms with Gasteiger partial charge in [0.15, 0.2) is 0 Å². The maximum absolute atomic E-state index is 14.3. The van der Waals surface area contributed by atoms with Gasteiger partial charge in [-0.1, -0.05) is 25.1 Å². The summed E-state index contributed by atoms with van der Waals surface area (Å²) >= 11 is 0. The van der Waals surface area contributed by atoms with Gasteiger partial charge in [-0.05, 0) is 70.4 Å². The van der Waals surface area contributed by atoms with Crippen molar-refractivity contribution in [2.24, 2.45) is 5.92 Å². The lowest BCUT2D eigenvalue weighted by Crippen LogP contribution is -2.39. The Hall–Kier alpha value is -1.46. The molecule has 5 heteroatoms. The first-order valence-corrected chi connectivity index (χ1v) is 10.1. The average molecular weight is 362 g/mol. The van der Waals surface area contributed by atoms with Crippen LogP contribution in [0.2, 0.25) is 0 Å². The smallest absolute Gasteiger partial charge is 0.220 e. The molecule has 2 fully saturated rings. The summed E-state index contributed by atoms with van der Waals surface area (Å²) in [5.74, 6) is 0.419. The van der Waals surface area contributed by atoms with Crippen molar-refractivity contribution in [3.8, 4) is 0 Å². The second-order valence-electron chi connectivity index (χ2n) is 7.67. The molecular formula is C21H32FN3O. The van der Waals surface area contributed by atoms with E-state index in [1.165, 1.54) is 6.07 Å². The van der Waals surface area contributed by atoms with Crippen LogP contribution < -0.4 is 5.32 Å². The van der Waals surface area contributed by atoms with Gasteiger partial charge in [-0.3, -0.25) is 9.69 Å². The van der Waals surface area contributed by atoms with E-state index < -0.39 is 0 Å². The van der Waals surface area contributed by atoms with Gasteiger partial charge in [0, 0.05) is 18.5 Å². The summed E-state index contributed by atoms with van der Waals surface area (Å²) in [6.07, 6.45) is 5.10. The predicted octanol–water partition coefficient (Wildman–Crippen LogP) is 3.20. The number of rotatable bonds is 7. The molecule has 2 aliphatic rings. The zero-order valence-electron chi connectivity index (χ0n) is 15.9. The van der Waals surface area contributed by atoms with E-state index in [1.54, 1.807) is 6.07 Å². The van der Waals surface area contributed by atoms with Gasteiger partial charge in [0.1, 0.15) is 5.82 Å². The Balaban J connectivity index is 1.54. The van der Waals surface area contributed by atoms with Gasteiger partial charge >= 0.3 is 0 Å². The highest BCUT2D eigenvalue weighted by atomic mass is 19.1. The number of amides is 1. The summed E-state index contributed by atoms with van der Waals surface area (Å²) in [6, 6.07) is 6.91. The van der Waals surface area contributed by atoms with Crippen molar-refractivity contribution in [1.82, 2.24) is 15.1 Å². The van der Waals surface area contributed by atoms with Crippen LogP contribution in [0.4, 0.5) is 4.39 Å². The molecule has 1 atom stereocenters. The first kappa shape index (κ1) is 19.3.